The van der Waals surface area contributed by atoms with Gasteiger partial charge in [-0.05, 0) is 25.8 Å². The molecule has 0 aliphatic heterocycles. The summed E-state index contributed by atoms with van der Waals surface area (Å²) in [7, 11) is 0. The number of hydrogen-bond donors (Lipinski definition) is 1. The first-order valence-electron chi connectivity index (χ1n) is 7.20. The molecule has 1 N–H and O–H groups in total. The molecule has 0 bridgehead atoms. The molecule has 2 aromatic heterocycles. The highest BCUT2D eigenvalue weighted by Crippen LogP contribution is 2.03. The van der Waals surface area contributed by atoms with E-state index in [2.05, 4.69) is 20.4 Å². The van der Waals surface area contributed by atoms with Crippen molar-refractivity contribution in [2.75, 3.05) is 6.61 Å². The van der Waals surface area contributed by atoms with Gasteiger partial charge >= 0.3 is 5.97 Å². The monoisotopic (exact) mass is 305 g/mol. The summed E-state index contributed by atoms with van der Waals surface area (Å²) >= 11 is 0. The van der Waals surface area contributed by atoms with Crippen molar-refractivity contribution in [2.24, 2.45) is 0 Å². The van der Waals surface area contributed by atoms with Gasteiger partial charge in [-0.2, -0.15) is 4.98 Å². The Labute approximate surface area is 127 Å². The minimum Gasteiger partial charge on any atom is -0.450 e. The zero-order chi connectivity index (χ0) is 16.1. The Hall–Kier alpha value is -2.51. The van der Waals surface area contributed by atoms with E-state index in [4.69, 9.17) is 4.74 Å². The van der Waals surface area contributed by atoms with Crippen LogP contribution in [0.15, 0.2) is 12.3 Å². The summed E-state index contributed by atoms with van der Waals surface area (Å²) in [5.74, 6) is -0.879. The van der Waals surface area contributed by atoms with Crippen LogP contribution in [0.3, 0.4) is 0 Å². The van der Waals surface area contributed by atoms with E-state index in [0.29, 0.717) is 5.78 Å². The fourth-order valence-corrected chi connectivity index (χ4v) is 1.95. The van der Waals surface area contributed by atoms with Crippen molar-refractivity contribution < 1.29 is 14.3 Å². The van der Waals surface area contributed by atoms with Gasteiger partial charge in [-0.15, -0.1) is 5.10 Å². The normalized spacial score (nSPS) is 10.9. The van der Waals surface area contributed by atoms with Crippen LogP contribution in [0.5, 0.6) is 0 Å². The van der Waals surface area contributed by atoms with Gasteiger partial charge in [0.25, 0.3) is 17.5 Å². The third kappa shape index (κ3) is 3.57. The number of fused-ring (bicyclic) bond motifs is 1. The number of nitrogens with one attached hydrogen (secondary N) is 1. The first-order chi connectivity index (χ1) is 10.5. The highest BCUT2D eigenvalue weighted by atomic mass is 16.5. The van der Waals surface area contributed by atoms with E-state index in [1.54, 1.807) is 12.3 Å². The summed E-state index contributed by atoms with van der Waals surface area (Å²) in [6.45, 7) is 5.44. The van der Waals surface area contributed by atoms with Crippen LogP contribution in [-0.4, -0.2) is 44.1 Å². The van der Waals surface area contributed by atoms with Crippen molar-refractivity contribution in [3.8, 4) is 0 Å². The van der Waals surface area contributed by atoms with Crippen molar-refractivity contribution in [1.29, 1.82) is 0 Å². The lowest BCUT2D eigenvalue weighted by molar-refractivity contribution is -0.125. The van der Waals surface area contributed by atoms with Gasteiger partial charge < -0.3 is 10.1 Å². The lowest BCUT2D eigenvalue weighted by Crippen LogP contribution is -2.36. The number of ether oxygens (including phenoxy) is 1. The van der Waals surface area contributed by atoms with Crippen LogP contribution in [0.25, 0.3) is 5.78 Å². The van der Waals surface area contributed by atoms with Crippen molar-refractivity contribution in [1.82, 2.24) is 24.9 Å². The largest absolute Gasteiger partial charge is 0.450 e. The van der Waals surface area contributed by atoms with Crippen LogP contribution >= 0.6 is 0 Å². The van der Waals surface area contributed by atoms with Gasteiger partial charge in [-0.3, -0.25) is 4.79 Å². The maximum Gasteiger partial charge on any atom is 0.378 e. The number of hydrogen-bond acceptors (Lipinski definition) is 6. The van der Waals surface area contributed by atoms with Crippen LogP contribution in [0, 0.1) is 6.92 Å². The number of carbonyl (C=O) groups excluding carboxylic acids is 2. The fraction of sp³-hybridized carbons (Fsp3) is 0.500. The summed E-state index contributed by atoms with van der Waals surface area (Å²) in [5, 5.41) is 6.80. The fourth-order valence-electron chi connectivity index (χ4n) is 1.95. The lowest BCUT2D eigenvalue weighted by Gasteiger charge is -2.14. The number of rotatable bonds is 6. The van der Waals surface area contributed by atoms with Crippen molar-refractivity contribution in [3.05, 3.63) is 23.8 Å². The summed E-state index contributed by atoms with van der Waals surface area (Å²) in [6.07, 6.45) is 3.24. The van der Waals surface area contributed by atoms with E-state index in [1.807, 2.05) is 20.8 Å². The molecule has 0 saturated heterocycles. The Bertz CT molecular complexity index is 678. The zero-order valence-electron chi connectivity index (χ0n) is 12.9. The van der Waals surface area contributed by atoms with Crippen molar-refractivity contribution in [3.63, 3.8) is 0 Å². The van der Waals surface area contributed by atoms with Crippen LogP contribution < -0.4 is 5.32 Å². The summed E-state index contributed by atoms with van der Waals surface area (Å²) in [4.78, 5) is 31.6. The molecule has 2 heterocycles. The number of esters is 1. The molecule has 0 unspecified atom stereocenters. The molecule has 8 heteroatoms. The molecular weight excluding hydrogens is 286 g/mol. The zero-order valence-corrected chi connectivity index (χ0v) is 12.9. The summed E-state index contributed by atoms with van der Waals surface area (Å²) in [6, 6.07) is 1.84. The number of aryl methyl sites for hydroxylation is 1. The highest BCUT2D eigenvalue weighted by Gasteiger charge is 2.18. The Morgan fingerprint density at radius 3 is 2.73 bits per heavy atom. The van der Waals surface area contributed by atoms with Crippen molar-refractivity contribution in [2.45, 2.75) is 39.7 Å². The molecule has 118 valence electrons. The molecule has 0 aliphatic carbocycles. The molecule has 0 spiro atoms. The molecule has 22 heavy (non-hydrogen) atoms. The van der Waals surface area contributed by atoms with E-state index < -0.39 is 5.97 Å². The van der Waals surface area contributed by atoms with Gasteiger partial charge in [0.1, 0.15) is 0 Å². The van der Waals surface area contributed by atoms with Gasteiger partial charge in [-0.25, -0.2) is 14.3 Å². The Morgan fingerprint density at radius 2 is 2.09 bits per heavy atom. The second-order valence-electron chi connectivity index (χ2n) is 4.89. The molecular formula is C14H19N5O3. The molecule has 0 saturated carbocycles. The minimum atomic E-state index is -0.746. The molecule has 2 rings (SSSR count). The van der Waals surface area contributed by atoms with E-state index >= 15 is 0 Å². The Balaban J connectivity index is 1.96. The van der Waals surface area contributed by atoms with E-state index in [9.17, 15) is 9.59 Å². The van der Waals surface area contributed by atoms with Gasteiger partial charge in [0.05, 0.1) is 0 Å². The molecule has 0 aromatic carbocycles. The van der Waals surface area contributed by atoms with Crippen LogP contribution in [-0.2, 0) is 9.53 Å². The van der Waals surface area contributed by atoms with Gasteiger partial charge in [0.2, 0.25) is 0 Å². The molecule has 0 fully saturated rings. The summed E-state index contributed by atoms with van der Waals surface area (Å²) in [5.41, 5.74) is 0.794. The lowest BCUT2D eigenvalue weighted by atomic mass is 10.2. The van der Waals surface area contributed by atoms with Gasteiger partial charge in [0, 0.05) is 17.9 Å². The second-order valence-corrected chi connectivity index (χ2v) is 4.89. The average Bonchev–Trinajstić information content (AvgIpc) is 2.96. The van der Waals surface area contributed by atoms with Crippen LogP contribution in [0.4, 0.5) is 0 Å². The number of aromatic nitrogens is 4. The maximum atomic E-state index is 11.9. The maximum absolute atomic E-state index is 11.9. The second kappa shape index (κ2) is 6.97. The standard InChI is InChI=1S/C14H19N5O3/c1-4-10(5-2)16-11(20)8-22-13(21)12-17-14-15-7-6-9(3)19(14)18-12/h6-7,10H,4-5,8H2,1-3H3,(H,16,20). The number of carbonyl (C=O) groups is 2. The third-order valence-electron chi connectivity index (χ3n) is 3.30. The molecule has 8 nitrogen and oxygen atoms in total. The third-order valence-corrected chi connectivity index (χ3v) is 3.30. The van der Waals surface area contributed by atoms with E-state index in [-0.39, 0.29) is 24.4 Å². The smallest absolute Gasteiger partial charge is 0.378 e. The topological polar surface area (TPSA) is 98.5 Å². The quantitative estimate of drug-likeness (QED) is 0.796. The van der Waals surface area contributed by atoms with Gasteiger partial charge in [-0.1, -0.05) is 13.8 Å². The molecule has 0 atom stereocenters. The summed E-state index contributed by atoms with van der Waals surface area (Å²) < 4.78 is 6.38. The molecule has 0 radical (unpaired) electrons. The first-order valence-corrected chi connectivity index (χ1v) is 7.20. The Morgan fingerprint density at radius 1 is 1.36 bits per heavy atom. The molecule has 2 aromatic rings. The van der Waals surface area contributed by atoms with E-state index in [0.717, 1.165) is 18.5 Å². The van der Waals surface area contributed by atoms with Crippen molar-refractivity contribution >= 4 is 17.7 Å². The Kier molecular flexibility index (Phi) is 5.03. The highest BCUT2D eigenvalue weighted by molar-refractivity contribution is 5.88. The number of amides is 1. The van der Waals surface area contributed by atoms with Gasteiger partial charge in [0.15, 0.2) is 6.61 Å². The van der Waals surface area contributed by atoms with Crippen LogP contribution in [0.1, 0.15) is 43.0 Å². The SMILES string of the molecule is CCC(CC)NC(=O)COC(=O)c1nc2nccc(C)n2n1. The first kappa shape index (κ1) is 15.9. The molecule has 1 amide bonds. The minimum absolute atomic E-state index is 0.0892. The van der Waals surface area contributed by atoms with E-state index in [1.165, 1.54) is 4.52 Å². The average molecular weight is 305 g/mol. The predicted molar refractivity (Wildman–Crippen MR) is 78.3 cm³/mol. The van der Waals surface area contributed by atoms with Crippen LogP contribution in [0.2, 0.25) is 0 Å². The molecule has 0 aliphatic rings. The predicted octanol–water partition coefficient (Wildman–Crippen LogP) is 0.894. The number of nitrogens with zero attached hydrogens (tertiary/aromatic N) is 4.